The predicted octanol–water partition coefficient (Wildman–Crippen LogP) is 5.95. The Labute approximate surface area is 229 Å². The number of hydrogen-bond donors (Lipinski definition) is 2. The molecule has 11 heteroatoms. The van der Waals surface area contributed by atoms with Gasteiger partial charge in [-0.15, -0.1) is 11.3 Å². The van der Waals surface area contributed by atoms with E-state index in [2.05, 4.69) is 32.0 Å². The highest BCUT2D eigenvalue weighted by molar-refractivity contribution is 7.92. The molecule has 0 unspecified atom stereocenters. The lowest BCUT2D eigenvalue weighted by Crippen LogP contribution is -2.36. The molecule has 194 valence electrons. The van der Waals surface area contributed by atoms with E-state index in [1.54, 1.807) is 24.4 Å². The summed E-state index contributed by atoms with van der Waals surface area (Å²) in [5.41, 5.74) is 5.02. The van der Waals surface area contributed by atoms with Crippen molar-refractivity contribution in [2.24, 2.45) is 0 Å². The van der Waals surface area contributed by atoms with E-state index in [-0.39, 0.29) is 4.90 Å². The normalized spacial score (nSPS) is 14.2. The maximum atomic E-state index is 13.4. The second-order valence-electron chi connectivity index (χ2n) is 9.00. The fraction of sp³-hybridized carbons (Fsp3) is 0.185. The monoisotopic (exact) mass is 565 g/mol. The maximum absolute atomic E-state index is 13.4. The topological polar surface area (TPSA) is 100 Å². The van der Waals surface area contributed by atoms with Crippen LogP contribution in [0.15, 0.2) is 71.9 Å². The molecule has 0 saturated carbocycles. The fourth-order valence-electron chi connectivity index (χ4n) is 4.67. The molecule has 8 nitrogen and oxygen atoms in total. The van der Waals surface area contributed by atoms with Crippen LogP contribution in [0.5, 0.6) is 0 Å². The summed E-state index contributed by atoms with van der Waals surface area (Å²) in [6.45, 7) is 4.85. The Balaban J connectivity index is 1.56. The van der Waals surface area contributed by atoms with Gasteiger partial charge in [-0.3, -0.25) is 9.82 Å². The molecule has 2 aromatic carbocycles. The van der Waals surface area contributed by atoms with Gasteiger partial charge in [-0.05, 0) is 48.9 Å². The number of ether oxygens (including phenoxy) is 1. The number of nitrogens with zero attached hydrogens (tertiary/aromatic N) is 3. The van der Waals surface area contributed by atoms with Gasteiger partial charge in [0, 0.05) is 57.1 Å². The fourth-order valence-corrected chi connectivity index (χ4v) is 7.28. The average Bonchev–Trinajstić information content (AvgIpc) is 3.57. The molecular weight excluding hydrogens is 542 g/mol. The van der Waals surface area contributed by atoms with Crippen molar-refractivity contribution in [2.45, 2.75) is 11.8 Å². The Bertz CT molecular complexity index is 1730. The van der Waals surface area contributed by atoms with Crippen LogP contribution in [-0.2, 0) is 14.8 Å². The van der Waals surface area contributed by atoms with Crippen LogP contribution in [0.3, 0.4) is 0 Å². The molecule has 0 atom stereocenters. The van der Waals surface area contributed by atoms with E-state index in [0.717, 1.165) is 50.6 Å². The molecule has 4 heterocycles. The molecule has 0 aliphatic carbocycles. The number of aromatic nitrogens is 3. The van der Waals surface area contributed by atoms with Gasteiger partial charge in [0.25, 0.3) is 10.0 Å². The molecule has 1 saturated heterocycles. The molecule has 1 aliphatic rings. The van der Waals surface area contributed by atoms with Gasteiger partial charge >= 0.3 is 0 Å². The van der Waals surface area contributed by atoms with E-state index in [0.29, 0.717) is 29.6 Å². The number of aryl methyl sites for hydroxylation is 1. The number of benzene rings is 2. The quantitative estimate of drug-likeness (QED) is 0.264. The highest BCUT2D eigenvalue weighted by Crippen LogP contribution is 2.47. The molecule has 5 aromatic rings. The number of nitrogens with one attached hydrogen (secondary N) is 2. The zero-order valence-electron chi connectivity index (χ0n) is 20.4. The molecule has 1 aliphatic heterocycles. The first kappa shape index (κ1) is 24.9. The van der Waals surface area contributed by atoms with Crippen LogP contribution in [0, 0.1) is 6.92 Å². The second kappa shape index (κ2) is 10.0. The summed E-state index contributed by atoms with van der Waals surface area (Å²) in [6, 6.07) is 16.3. The van der Waals surface area contributed by atoms with Gasteiger partial charge in [0.2, 0.25) is 0 Å². The van der Waals surface area contributed by atoms with Crippen molar-refractivity contribution in [1.29, 1.82) is 0 Å². The van der Waals surface area contributed by atoms with E-state index in [1.807, 2.05) is 25.3 Å². The highest BCUT2D eigenvalue weighted by Gasteiger charge is 2.24. The van der Waals surface area contributed by atoms with E-state index < -0.39 is 10.0 Å². The van der Waals surface area contributed by atoms with Gasteiger partial charge < -0.3 is 9.64 Å². The predicted molar refractivity (Wildman–Crippen MR) is 153 cm³/mol. The summed E-state index contributed by atoms with van der Waals surface area (Å²) in [5, 5.41) is 8.14. The Morgan fingerprint density at radius 2 is 1.89 bits per heavy atom. The van der Waals surface area contributed by atoms with Gasteiger partial charge in [0.05, 0.1) is 30.0 Å². The summed E-state index contributed by atoms with van der Waals surface area (Å²) in [6.07, 6.45) is 3.60. The van der Waals surface area contributed by atoms with Crippen molar-refractivity contribution in [3.05, 3.63) is 77.7 Å². The molecule has 1 fully saturated rings. The second-order valence-corrected chi connectivity index (χ2v) is 12.1. The zero-order valence-corrected chi connectivity index (χ0v) is 22.8. The van der Waals surface area contributed by atoms with Crippen LogP contribution in [0.1, 0.15) is 5.69 Å². The summed E-state index contributed by atoms with van der Waals surface area (Å²) < 4.78 is 35.2. The average molecular weight is 566 g/mol. The summed E-state index contributed by atoms with van der Waals surface area (Å²) in [4.78, 5) is 8.86. The number of H-pyrrole nitrogens is 1. The number of rotatable bonds is 6. The molecule has 0 amide bonds. The van der Waals surface area contributed by atoms with E-state index >= 15 is 0 Å². The standard InChI is InChI=1S/C27H24ClN5O3S2/c1-17-12-23(32-38(34,35)22-7-3-5-20(28)14-22)25-24(26(37-27(25)31-17)19-15-29-30-16-19)18-4-2-6-21(13-18)33-8-10-36-11-9-33/h2-7,12-16H,8-11H2,1H3,(H,29,30)(H,31,32). The Morgan fingerprint density at radius 3 is 2.66 bits per heavy atom. The van der Waals surface area contributed by atoms with Crippen molar-refractivity contribution in [1.82, 2.24) is 15.2 Å². The summed E-state index contributed by atoms with van der Waals surface area (Å²) in [5.74, 6) is 0. The van der Waals surface area contributed by atoms with Gasteiger partial charge in [-0.2, -0.15) is 5.10 Å². The van der Waals surface area contributed by atoms with Crippen molar-refractivity contribution < 1.29 is 13.2 Å². The number of hydrogen-bond acceptors (Lipinski definition) is 7. The van der Waals surface area contributed by atoms with Gasteiger partial charge in [0.15, 0.2) is 0 Å². The van der Waals surface area contributed by atoms with Crippen LogP contribution in [0.4, 0.5) is 11.4 Å². The number of halogens is 1. The van der Waals surface area contributed by atoms with E-state index in [4.69, 9.17) is 21.3 Å². The molecule has 38 heavy (non-hydrogen) atoms. The Kier molecular flexibility index (Phi) is 6.56. The lowest BCUT2D eigenvalue weighted by atomic mass is 9.99. The number of pyridine rings is 1. The zero-order chi connectivity index (χ0) is 26.3. The number of aromatic amines is 1. The highest BCUT2D eigenvalue weighted by atomic mass is 35.5. The minimum absolute atomic E-state index is 0.0915. The van der Waals surface area contributed by atoms with Crippen LogP contribution < -0.4 is 9.62 Å². The third kappa shape index (κ3) is 4.76. The van der Waals surface area contributed by atoms with Crippen molar-refractivity contribution in [3.8, 4) is 21.6 Å². The number of sulfonamides is 1. The minimum atomic E-state index is -3.91. The first-order valence-corrected chi connectivity index (χ1v) is 14.7. The smallest absolute Gasteiger partial charge is 0.261 e. The van der Waals surface area contributed by atoms with Crippen LogP contribution in [-0.4, -0.2) is 49.9 Å². The molecule has 6 rings (SSSR count). The Hall–Kier alpha value is -3.44. The Morgan fingerprint density at radius 1 is 1.08 bits per heavy atom. The molecule has 0 radical (unpaired) electrons. The first-order valence-electron chi connectivity index (χ1n) is 12.0. The van der Waals surface area contributed by atoms with Crippen LogP contribution in [0.25, 0.3) is 31.8 Å². The molecule has 0 spiro atoms. The first-order chi connectivity index (χ1) is 18.4. The van der Waals surface area contributed by atoms with Crippen molar-refractivity contribution in [3.63, 3.8) is 0 Å². The molecular formula is C27H24ClN5O3S2. The van der Waals surface area contributed by atoms with E-state index in [9.17, 15) is 8.42 Å². The van der Waals surface area contributed by atoms with Gasteiger partial charge in [0.1, 0.15) is 4.83 Å². The molecule has 2 N–H and O–H groups in total. The number of anilines is 2. The van der Waals surface area contributed by atoms with Crippen LogP contribution >= 0.6 is 22.9 Å². The third-order valence-corrected chi connectivity index (χ3v) is 9.14. The summed E-state index contributed by atoms with van der Waals surface area (Å²) >= 11 is 7.61. The molecule has 0 bridgehead atoms. The van der Waals surface area contributed by atoms with Crippen LogP contribution in [0.2, 0.25) is 5.02 Å². The van der Waals surface area contributed by atoms with Gasteiger partial charge in [-0.1, -0.05) is 29.8 Å². The van der Waals surface area contributed by atoms with Crippen molar-refractivity contribution in [2.75, 3.05) is 35.9 Å². The minimum Gasteiger partial charge on any atom is -0.378 e. The van der Waals surface area contributed by atoms with Gasteiger partial charge in [-0.25, -0.2) is 13.4 Å². The summed E-state index contributed by atoms with van der Waals surface area (Å²) in [7, 11) is -3.91. The number of thiophene rings is 1. The third-order valence-electron chi connectivity index (χ3n) is 6.41. The molecule has 3 aromatic heterocycles. The number of morpholine rings is 1. The lowest BCUT2D eigenvalue weighted by molar-refractivity contribution is 0.122. The SMILES string of the molecule is Cc1cc(NS(=O)(=O)c2cccc(Cl)c2)c2c(-c3cccc(N4CCOCC4)c3)c(-c3cn[nH]c3)sc2n1. The maximum Gasteiger partial charge on any atom is 0.261 e. The largest absolute Gasteiger partial charge is 0.378 e. The number of fused-ring (bicyclic) bond motifs is 1. The van der Waals surface area contributed by atoms with Crippen molar-refractivity contribution >= 4 is 54.6 Å². The van der Waals surface area contributed by atoms with E-state index in [1.165, 1.54) is 23.5 Å². The lowest BCUT2D eigenvalue weighted by Gasteiger charge is -2.29.